The van der Waals surface area contributed by atoms with Gasteiger partial charge in [0.2, 0.25) is 5.91 Å². The SMILES string of the molecule is O=C1Nc2cc(C(=O)N3CCN(c4cccc(C(F)(F)F)c4)CC3)ccc2N[C@@H]1CSCc1c(F)cccc1Cl. The zero-order valence-corrected chi connectivity index (χ0v) is 22.7. The molecular formula is C28H25ClF4N4O2S. The summed E-state index contributed by atoms with van der Waals surface area (Å²) in [7, 11) is 0. The largest absolute Gasteiger partial charge is 0.416 e. The van der Waals surface area contributed by atoms with Crippen LogP contribution < -0.4 is 15.5 Å². The normalized spacial score (nSPS) is 17.2. The maximum Gasteiger partial charge on any atom is 0.416 e. The molecule has 2 aliphatic heterocycles. The third kappa shape index (κ3) is 6.15. The molecule has 5 rings (SSSR count). The van der Waals surface area contributed by atoms with Crippen LogP contribution in [-0.2, 0) is 16.7 Å². The van der Waals surface area contributed by atoms with Crippen molar-refractivity contribution in [1.29, 1.82) is 0 Å². The van der Waals surface area contributed by atoms with Crippen molar-refractivity contribution in [1.82, 2.24) is 4.90 Å². The molecule has 0 aromatic heterocycles. The van der Waals surface area contributed by atoms with Crippen LogP contribution in [0.4, 0.5) is 34.6 Å². The second-order valence-electron chi connectivity index (χ2n) is 9.49. The first-order valence-corrected chi connectivity index (χ1v) is 14.1. The molecule has 12 heteroatoms. The minimum Gasteiger partial charge on any atom is -0.371 e. The van der Waals surface area contributed by atoms with E-state index < -0.39 is 17.8 Å². The number of carbonyl (C=O) groups excluding carboxylic acids is 2. The van der Waals surface area contributed by atoms with E-state index in [2.05, 4.69) is 10.6 Å². The summed E-state index contributed by atoms with van der Waals surface area (Å²) in [6.07, 6.45) is -4.42. The van der Waals surface area contributed by atoms with Crippen LogP contribution in [0.5, 0.6) is 0 Å². The Kier molecular flexibility index (Phi) is 8.14. The zero-order valence-electron chi connectivity index (χ0n) is 21.1. The van der Waals surface area contributed by atoms with Crippen LogP contribution in [0.25, 0.3) is 0 Å². The number of alkyl halides is 3. The predicted octanol–water partition coefficient (Wildman–Crippen LogP) is 6.13. The van der Waals surface area contributed by atoms with Crippen molar-refractivity contribution in [3.8, 4) is 0 Å². The molecule has 2 heterocycles. The molecule has 0 radical (unpaired) electrons. The topological polar surface area (TPSA) is 64.7 Å². The third-order valence-electron chi connectivity index (χ3n) is 6.87. The van der Waals surface area contributed by atoms with E-state index in [9.17, 15) is 27.2 Å². The van der Waals surface area contributed by atoms with Crippen molar-refractivity contribution in [3.05, 3.63) is 88.2 Å². The van der Waals surface area contributed by atoms with Gasteiger partial charge >= 0.3 is 6.18 Å². The first-order valence-electron chi connectivity index (χ1n) is 12.5. The summed E-state index contributed by atoms with van der Waals surface area (Å²) in [6.45, 7) is 1.49. The van der Waals surface area contributed by atoms with Crippen molar-refractivity contribution in [2.75, 3.05) is 47.5 Å². The van der Waals surface area contributed by atoms with E-state index in [1.807, 2.05) is 4.90 Å². The van der Waals surface area contributed by atoms with E-state index in [0.29, 0.717) is 70.9 Å². The quantitative estimate of drug-likeness (QED) is 0.337. The molecule has 1 fully saturated rings. The highest BCUT2D eigenvalue weighted by atomic mass is 35.5. The van der Waals surface area contributed by atoms with Crippen molar-refractivity contribution in [3.63, 3.8) is 0 Å². The maximum absolute atomic E-state index is 14.0. The number of fused-ring (bicyclic) bond motifs is 1. The Balaban J connectivity index is 1.17. The summed E-state index contributed by atoms with van der Waals surface area (Å²) in [5.74, 6) is -0.176. The Morgan fingerprint density at radius 3 is 2.48 bits per heavy atom. The van der Waals surface area contributed by atoms with Crippen LogP contribution in [0.1, 0.15) is 21.5 Å². The van der Waals surface area contributed by atoms with Gasteiger partial charge < -0.3 is 20.4 Å². The van der Waals surface area contributed by atoms with Gasteiger partial charge in [-0.1, -0.05) is 23.7 Å². The third-order valence-corrected chi connectivity index (χ3v) is 8.28. The van der Waals surface area contributed by atoms with Gasteiger partial charge in [0.15, 0.2) is 0 Å². The molecule has 1 saturated heterocycles. The lowest BCUT2D eigenvalue weighted by atomic mass is 10.1. The lowest BCUT2D eigenvalue weighted by molar-refractivity contribution is -0.137. The van der Waals surface area contributed by atoms with Gasteiger partial charge in [-0.15, -0.1) is 0 Å². The minimum atomic E-state index is -4.42. The number of carbonyl (C=O) groups is 2. The maximum atomic E-state index is 14.0. The van der Waals surface area contributed by atoms with Crippen molar-refractivity contribution in [2.45, 2.75) is 18.0 Å². The van der Waals surface area contributed by atoms with Gasteiger partial charge in [0.25, 0.3) is 5.91 Å². The molecule has 0 saturated carbocycles. The number of amides is 2. The van der Waals surface area contributed by atoms with Gasteiger partial charge in [0.1, 0.15) is 11.9 Å². The fraction of sp³-hybridized carbons (Fsp3) is 0.286. The molecule has 210 valence electrons. The smallest absolute Gasteiger partial charge is 0.371 e. The molecule has 0 bridgehead atoms. The molecule has 3 aromatic rings. The number of halogens is 5. The molecule has 1 atom stereocenters. The average Bonchev–Trinajstić information content (AvgIpc) is 2.94. The van der Waals surface area contributed by atoms with E-state index in [0.717, 1.165) is 12.1 Å². The number of anilines is 3. The van der Waals surface area contributed by atoms with Crippen LogP contribution in [0.3, 0.4) is 0 Å². The number of nitrogens with one attached hydrogen (secondary N) is 2. The predicted molar refractivity (Wildman–Crippen MR) is 150 cm³/mol. The van der Waals surface area contributed by atoms with Gasteiger partial charge in [-0.05, 0) is 48.5 Å². The second kappa shape index (κ2) is 11.6. The lowest BCUT2D eigenvalue weighted by Crippen LogP contribution is -2.49. The number of piperazine rings is 1. The zero-order chi connectivity index (χ0) is 28.4. The molecule has 0 spiro atoms. The van der Waals surface area contributed by atoms with Crippen LogP contribution >= 0.6 is 23.4 Å². The Morgan fingerprint density at radius 1 is 1.00 bits per heavy atom. The molecule has 0 aliphatic carbocycles. The van der Waals surface area contributed by atoms with Crippen LogP contribution in [-0.4, -0.2) is 54.7 Å². The number of nitrogens with zero attached hydrogens (tertiary/aromatic N) is 2. The molecule has 0 unspecified atom stereocenters. The standard InChI is InChI=1S/C28H25ClF4N4O2S/c29-21-5-2-6-22(30)20(21)15-40-16-25-26(38)35-24-13-17(7-8-23(24)34-25)27(39)37-11-9-36(10-12-37)19-4-1-3-18(14-19)28(31,32)33/h1-8,13-14,25,34H,9-12,15-16H2,(H,35,38)/t25-/m1/s1. The van der Waals surface area contributed by atoms with Gasteiger partial charge in [0.05, 0.1) is 16.9 Å². The molecule has 2 N–H and O–H groups in total. The molecular weight excluding hydrogens is 568 g/mol. The van der Waals surface area contributed by atoms with Crippen LogP contribution in [0.15, 0.2) is 60.7 Å². The Labute approximate surface area is 237 Å². The monoisotopic (exact) mass is 592 g/mol. The Bertz CT molecular complexity index is 1410. The summed E-state index contributed by atoms with van der Waals surface area (Å²) in [6, 6.07) is 14.2. The summed E-state index contributed by atoms with van der Waals surface area (Å²) >= 11 is 7.46. The lowest BCUT2D eigenvalue weighted by Gasteiger charge is -2.36. The number of rotatable bonds is 6. The van der Waals surface area contributed by atoms with Crippen molar-refractivity contribution < 1.29 is 27.2 Å². The average molecular weight is 593 g/mol. The summed E-state index contributed by atoms with van der Waals surface area (Å²) in [4.78, 5) is 29.4. The highest BCUT2D eigenvalue weighted by Crippen LogP contribution is 2.33. The van der Waals surface area contributed by atoms with E-state index in [4.69, 9.17) is 11.6 Å². The summed E-state index contributed by atoms with van der Waals surface area (Å²) in [5.41, 5.74) is 1.70. The first-order chi connectivity index (χ1) is 19.1. The molecule has 2 aliphatic rings. The highest BCUT2D eigenvalue weighted by Gasteiger charge is 2.32. The Hall–Kier alpha value is -3.44. The number of hydrogen-bond acceptors (Lipinski definition) is 5. The minimum absolute atomic E-state index is 0.222. The Morgan fingerprint density at radius 2 is 1.75 bits per heavy atom. The number of thioether (sulfide) groups is 1. The van der Waals surface area contributed by atoms with Gasteiger partial charge in [-0.25, -0.2) is 4.39 Å². The van der Waals surface area contributed by atoms with E-state index >= 15 is 0 Å². The fourth-order valence-corrected chi connectivity index (χ4v) is 6.07. The number of hydrogen-bond donors (Lipinski definition) is 2. The summed E-state index contributed by atoms with van der Waals surface area (Å²) in [5, 5.41) is 6.36. The van der Waals surface area contributed by atoms with Gasteiger partial charge in [-0.3, -0.25) is 9.59 Å². The van der Waals surface area contributed by atoms with Crippen molar-refractivity contribution in [2.24, 2.45) is 0 Å². The first kappa shape index (κ1) is 28.1. The van der Waals surface area contributed by atoms with Crippen LogP contribution in [0.2, 0.25) is 5.02 Å². The molecule has 3 aromatic carbocycles. The molecule has 2 amide bonds. The van der Waals surface area contributed by atoms with Gasteiger partial charge in [-0.2, -0.15) is 24.9 Å². The van der Waals surface area contributed by atoms with Crippen molar-refractivity contribution >= 4 is 52.2 Å². The fourth-order valence-electron chi connectivity index (χ4n) is 4.68. The van der Waals surface area contributed by atoms with E-state index in [1.54, 1.807) is 41.3 Å². The molecule has 6 nitrogen and oxygen atoms in total. The summed E-state index contributed by atoms with van der Waals surface area (Å²) < 4.78 is 53.3. The molecule has 40 heavy (non-hydrogen) atoms. The van der Waals surface area contributed by atoms with Crippen LogP contribution in [0, 0.1) is 5.82 Å². The van der Waals surface area contributed by atoms with E-state index in [1.165, 1.54) is 23.9 Å². The number of benzene rings is 3. The van der Waals surface area contributed by atoms with Gasteiger partial charge in [0, 0.05) is 59.5 Å². The van der Waals surface area contributed by atoms with E-state index in [-0.39, 0.29) is 17.6 Å². The second-order valence-corrected chi connectivity index (χ2v) is 10.9. The highest BCUT2D eigenvalue weighted by molar-refractivity contribution is 7.98.